The van der Waals surface area contributed by atoms with Crippen molar-refractivity contribution < 1.29 is 0 Å². The second kappa shape index (κ2) is 7.37. The van der Waals surface area contributed by atoms with Gasteiger partial charge in [-0.1, -0.05) is 33.8 Å². The van der Waals surface area contributed by atoms with E-state index in [2.05, 4.69) is 33.0 Å². The van der Waals surface area contributed by atoms with E-state index in [1.807, 2.05) is 12.3 Å². The zero-order valence-corrected chi connectivity index (χ0v) is 12.0. The molecule has 1 heterocycles. The molecule has 0 radical (unpaired) electrons. The van der Waals surface area contributed by atoms with Crippen LogP contribution in [0.5, 0.6) is 0 Å². The van der Waals surface area contributed by atoms with Gasteiger partial charge in [0.15, 0.2) is 0 Å². The van der Waals surface area contributed by atoms with Crippen molar-refractivity contribution in [3.05, 3.63) is 34.7 Å². The number of pyridine rings is 1. The Morgan fingerprint density at radius 3 is 2.39 bits per heavy atom. The minimum absolute atomic E-state index is 0.0727. The molecule has 0 amide bonds. The Hall–Kier alpha value is -1.09. The molecule has 1 N–H and O–H groups in total. The molecule has 0 saturated heterocycles. The Morgan fingerprint density at radius 1 is 1.17 bits per heavy atom. The molecule has 0 unspecified atom stereocenters. The number of rotatable bonds is 7. The largest absolute Gasteiger partial charge is 0.315 e. The summed E-state index contributed by atoms with van der Waals surface area (Å²) in [5.41, 5.74) is 0.0727. The second-order valence-electron chi connectivity index (χ2n) is 5.59. The lowest BCUT2D eigenvalue weighted by Crippen LogP contribution is -2.33. The topological polar surface area (TPSA) is 34.0 Å². The molecule has 3 nitrogen and oxygen atoms in total. The Balaban J connectivity index is 2.34. The molecule has 1 rings (SSSR count). The van der Waals surface area contributed by atoms with Gasteiger partial charge in [0.2, 0.25) is 0 Å². The summed E-state index contributed by atoms with van der Waals surface area (Å²) in [5.74, 6) is 2.08. The van der Waals surface area contributed by atoms with Crippen LogP contribution in [0.15, 0.2) is 29.2 Å². The molecule has 0 spiro atoms. The van der Waals surface area contributed by atoms with Crippen LogP contribution in [0.2, 0.25) is 0 Å². The average molecular weight is 250 g/mol. The number of nitrogens with one attached hydrogen (secondary N) is 1. The first-order valence-electron chi connectivity index (χ1n) is 6.88. The summed E-state index contributed by atoms with van der Waals surface area (Å²) in [5, 5.41) is 3.46. The van der Waals surface area contributed by atoms with Crippen molar-refractivity contribution in [3.63, 3.8) is 0 Å². The lowest BCUT2D eigenvalue weighted by Gasteiger charge is -2.25. The van der Waals surface area contributed by atoms with Gasteiger partial charge in [0.05, 0.1) is 0 Å². The minimum Gasteiger partial charge on any atom is -0.315 e. The highest BCUT2D eigenvalue weighted by molar-refractivity contribution is 4.93. The van der Waals surface area contributed by atoms with Crippen LogP contribution < -0.4 is 10.9 Å². The first-order valence-corrected chi connectivity index (χ1v) is 6.88. The molecule has 0 fully saturated rings. The van der Waals surface area contributed by atoms with E-state index < -0.39 is 0 Å². The zero-order chi connectivity index (χ0) is 13.5. The molecule has 18 heavy (non-hydrogen) atoms. The second-order valence-corrected chi connectivity index (χ2v) is 5.59. The Bertz CT molecular complexity index is 387. The molecule has 1 aromatic rings. The SMILES string of the molecule is CC(C)C(CNCCn1ccccc1=O)C(C)C. The van der Waals surface area contributed by atoms with Gasteiger partial charge in [-0.2, -0.15) is 0 Å². The monoisotopic (exact) mass is 250 g/mol. The van der Waals surface area contributed by atoms with Gasteiger partial charge in [0.1, 0.15) is 0 Å². The van der Waals surface area contributed by atoms with Crippen molar-refractivity contribution in [1.82, 2.24) is 9.88 Å². The molecular formula is C15H26N2O. The maximum Gasteiger partial charge on any atom is 0.250 e. The summed E-state index contributed by atoms with van der Waals surface area (Å²) in [7, 11) is 0. The van der Waals surface area contributed by atoms with Crippen LogP contribution in [0.3, 0.4) is 0 Å². The summed E-state index contributed by atoms with van der Waals surface area (Å²) in [4.78, 5) is 11.5. The summed E-state index contributed by atoms with van der Waals surface area (Å²) < 4.78 is 1.74. The van der Waals surface area contributed by atoms with Gasteiger partial charge in [-0.25, -0.2) is 0 Å². The highest BCUT2D eigenvalue weighted by Crippen LogP contribution is 2.19. The van der Waals surface area contributed by atoms with Gasteiger partial charge in [-0.3, -0.25) is 4.79 Å². The van der Waals surface area contributed by atoms with Crippen molar-refractivity contribution in [3.8, 4) is 0 Å². The van der Waals surface area contributed by atoms with E-state index in [9.17, 15) is 4.79 Å². The molecule has 1 aromatic heterocycles. The predicted octanol–water partition coefficient (Wildman–Crippen LogP) is 2.37. The number of hydrogen-bond acceptors (Lipinski definition) is 2. The molecule has 0 aliphatic rings. The lowest BCUT2D eigenvalue weighted by atomic mass is 9.85. The summed E-state index contributed by atoms with van der Waals surface area (Å²) in [6.45, 7) is 11.7. The predicted molar refractivity (Wildman–Crippen MR) is 76.7 cm³/mol. The van der Waals surface area contributed by atoms with Gasteiger partial charge in [-0.15, -0.1) is 0 Å². The molecule has 0 aliphatic carbocycles. The van der Waals surface area contributed by atoms with Gasteiger partial charge in [0.25, 0.3) is 5.56 Å². The Labute approximate surface area is 110 Å². The molecule has 3 heteroatoms. The maximum absolute atomic E-state index is 11.5. The molecule has 102 valence electrons. The van der Waals surface area contributed by atoms with Crippen molar-refractivity contribution in [2.75, 3.05) is 13.1 Å². The van der Waals surface area contributed by atoms with Crippen LogP contribution in [-0.4, -0.2) is 17.7 Å². The van der Waals surface area contributed by atoms with E-state index in [0.717, 1.165) is 19.6 Å². The fraction of sp³-hybridized carbons (Fsp3) is 0.667. The first kappa shape index (κ1) is 15.0. The van der Waals surface area contributed by atoms with E-state index in [0.29, 0.717) is 17.8 Å². The van der Waals surface area contributed by atoms with Crippen LogP contribution in [-0.2, 0) is 6.54 Å². The smallest absolute Gasteiger partial charge is 0.250 e. The quantitative estimate of drug-likeness (QED) is 0.754. The zero-order valence-electron chi connectivity index (χ0n) is 12.0. The van der Waals surface area contributed by atoms with E-state index in [1.165, 1.54) is 0 Å². The fourth-order valence-electron chi connectivity index (χ4n) is 2.35. The van der Waals surface area contributed by atoms with Gasteiger partial charge in [-0.05, 0) is 30.4 Å². The van der Waals surface area contributed by atoms with Crippen LogP contribution >= 0.6 is 0 Å². The first-order chi connectivity index (χ1) is 8.52. The Kier molecular flexibility index (Phi) is 6.13. The number of hydrogen-bond donors (Lipinski definition) is 1. The number of aromatic nitrogens is 1. The molecule has 0 saturated carbocycles. The third-order valence-corrected chi connectivity index (χ3v) is 3.52. The van der Waals surface area contributed by atoms with Crippen LogP contribution in [0.4, 0.5) is 0 Å². The van der Waals surface area contributed by atoms with Crippen molar-refractivity contribution in [2.24, 2.45) is 17.8 Å². The highest BCUT2D eigenvalue weighted by atomic mass is 16.1. The fourth-order valence-corrected chi connectivity index (χ4v) is 2.35. The molecular weight excluding hydrogens is 224 g/mol. The normalized spacial score (nSPS) is 11.7. The third-order valence-electron chi connectivity index (χ3n) is 3.52. The molecule has 0 aromatic carbocycles. The molecule has 0 aliphatic heterocycles. The Morgan fingerprint density at radius 2 is 1.83 bits per heavy atom. The standard InChI is InChI=1S/C15H26N2O/c1-12(2)14(13(3)4)11-16-8-10-17-9-6-5-7-15(17)18/h5-7,9,12-14,16H,8,10-11H2,1-4H3. The van der Waals surface area contributed by atoms with Crippen molar-refractivity contribution >= 4 is 0 Å². The molecule has 0 bridgehead atoms. The van der Waals surface area contributed by atoms with Crippen LogP contribution in [0, 0.1) is 17.8 Å². The maximum atomic E-state index is 11.5. The van der Waals surface area contributed by atoms with E-state index >= 15 is 0 Å². The van der Waals surface area contributed by atoms with Gasteiger partial charge < -0.3 is 9.88 Å². The minimum atomic E-state index is 0.0727. The van der Waals surface area contributed by atoms with Gasteiger partial charge >= 0.3 is 0 Å². The van der Waals surface area contributed by atoms with Crippen molar-refractivity contribution in [1.29, 1.82) is 0 Å². The van der Waals surface area contributed by atoms with E-state index in [4.69, 9.17) is 0 Å². The van der Waals surface area contributed by atoms with Crippen LogP contribution in [0.25, 0.3) is 0 Å². The highest BCUT2D eigenvalue weighted by Gasteiger charge is 2.16. The molecule has 0 atom stereocenters. The van der Waals surface area contributed by atoms with E-state index in [-0.39, 0.29) is 5.56 Å². The summed E-state index contributed by atoms with van der Waals surface area (Å²) in [6.07, 6.45) is 1.84. The lowest BCUT2D eigenvalue weighted by molar-refractivity contribution is 0.275. The summed E-state index contributed by atoms with van der Waals surface area (Å²) in [6, 6.07) is 5.28. The number of nitrogens with zero attached hydrogens (tertiary/aromatic N) is 1. The van der Waals surface area contributed by atoms with Crippen LogP contribution in [0.1, 0.15) is 27.7 Å². The van der Waals surface area contributed by atoms with E-state index in [1.54, 1.807) is 16.7 Å². The van der Waals surface area contributed by atoms with Crippen molar-refractivity contribution in [2.45, 2.75) is 34.2 Å². The average Bonchev–Trinajstić information content (AvgIpc) is 2.30. The third kappa shape index (κ3) is 4.65. The van der Waals surface area contributed by atoms with Gasteiger partial charge in [0, 0.05) is 25.4 Å². The summed E-state index contributed by atoms with van der Waals surface area (Å²) >= 11 is 0.